The summed E-state index contributed by atoms with van der Waals surface area (Å²) in [5.41, 5.74) is 0.735. The van der Waals surface area contributed by atoms with Gasteiger partial charge in [0, 0.05) is 12.6 Å². The molecule has 1 heteroatoms. The number of rotatable bonds is 4. The van der Waals surface area contributed by atoms with Crippen molar-refractivity contribution in [3.63, 3.8) is 0 Å². The molecule has 1 N–H and O–H groups in total. The first-order chi connectivity index (χ1) is 7.39. The van der Waals surface area contributed by atoms with E-state index in [1.807, 2.05) is 0 Å². The molecule has 86 valence electrons. The molecular formula is C14H25N. The van der Waals surface area contributed by atoms with E-state index in [1.165, 1.54) is 70.8 Å². The van der Waals surface area contributed by atoms with Crippen LogP contribution in [0.15, 0.2) is 0 Å². The average Bonchev–Trinajstić information content (AvgIpc) is 2.78. The fraction of sp³-hybridized carbons (Fsp3) is 1.00. The maximum atomic E-state index is 3.82. The summed E-state index contributed by atoms with van der Waals surface area (Å²) >= 11 is 0. The minimum Gasteiger partial charge on any atom is -0.313 e. The van der Waals surface area contributed by atoms with Crippen molar-refractivity contribution >= 4 is 0 Å². The number of hydrogen-bond donors (Lipinski definition) is 1. The monoisotopic (exact) mass is 207 g/mol. The lowest BCUT2D eigenvalue weighted by Crippen LogP contribution is -2.38. The molecular weight excluding hydrogens is 182 g/mol. The number of hydrogen-bond acceptors (Lipinski definition) is 1. The lowest BCUT2D eigenvalue weighted by molar-refractivity contribution is 0.163. The van der Waals surface area contributed by atoms with E-state index in [9.17, 15) is 0 Å². The van der Waals surface area contributed by atoms with Crippen LogP contribution in [0.2, 0.25) is 0 Å². The van der Waals surface area contributed by atoms with Crippen LogP contribution in [-0.4, -0.2) is 12.6 Å². The van der Waals surface area contributed by atoms with Gasteiger partial charge in [-0.1, -0.05) is 25.7 Å². The van der Waals surface area contributed by atoms with Crippen LogP contribution in [0.3, 0.4) is 0 Å². The predicted molar refractivity (Wildman–Crippen MR) is 63.9 cm³/mol. The smallest absolute Gasteiger partial charge is 0.00684 e. The summed E-state index contributed by atoms with van der Waals surface area (Å²) in [6, 6.07) is 0.906. The zero-order valence-corrected chi connectivity index (χ0v) is 9.93. The molecule has 0 aromatic rings. The van der Waals surface area contributed by atoms with Crippen LogP contribution >= 0.6 is 0 Å². The highest BCUT2D eigenvalue weighted by Crippen LogP contribution is 2.50. The third-order valence-corrected chi connectivity index (χ3v) is 5.14. The molecule has 0 bridgehead atoms. The first-order valence-corrected chi connectivity index (χ1v) is 7.12. The van der Waals surface area contributed by atoms with E-state index in [-0.39, 0.29) is 0 Å². The Morgan fingerprint density at radius 1 is 0.867 bits per heavy atom. The van der Waals surface area contributed by atoms with E-state index in [4.69, 9.17) is 0 Å². The van der Waals surface area contributed by atoms with Crippen molar-refractivity contribution in [2.75, 3.05) is 6.54 Å². The summed E-state index contributed by atoms with van der Waals surface area (Å²) in [7, 11) is 0. The molecule has 3 rings (SSSR count). The van der Waals surface area contributed by atoms with Gasteiger partial charge in [0.15, 0.2) is 0 Å². The van der Waals surface area contributed by atoms with Crippen molar-refractivity contribution in [3.8, 4) is 0 Å². The van der Waals surface area contributed by atoms with Crippen LogP contribution in [0.4, 0.5) is 0 Å². The molecule has 15 heavy (non-hydrogen) atoms. The second-order valence-electron chi connectivity index (χ2n) is 6.21. The number of nitrogens with one attached hydrogen (secondary N) is 1. The molecule has 0 aliphatic heterocycles. The Bertz CT molecular complexity index is 207. The fourth-order valence-corrected chi connectivity index (χ4v) is 3.98. The van der Waals surface area contributed by atoms with Gasteiger partial charge in [-0.2, -0.15) is 0 Å². The summed E-state index contributed by atoms with van der Waals surface area (Å²) in [5.74, 6) is 1.08. The van der Waals surface area contributed by atoms with E-state index < -0.39 is 0 Å². The predicted octanol–water partition coefficient (Wildman–Crippen LogP) is 3.49. The summed E-state index contributed by atoms with van der Waals surface area (Å²) in [6.45, 7) is 1.35. The Hall–Kier alpha value is -0.0400. The molecule has 0 aromatic heterocycles. The molecule has 0 atom stereocenters. The third kappa shape index (κ3) is 2.08. The van der Waals surface area contributed by atoms with Gasteiger partial charge in [-0.25, -0.2) is 0 Å². The first-order valence-electron chi connectivity index (χ1n) is 7.12. The average molecular weight is 207 g/mol. The maximum Gasteiger partial charge on any atom is 0.00684 e. The molecule has 0 amide bonds. The molecule has 0 aromatic carbocycles. The first kappa shape index (κ1) is 10.1. The Labute approximate surface area is 94.0 Å². The van der Waals surface area contributed by atoms with Crippen LogP contribution in [0.5, 0.6) is 0 Å². The van der Waals surface area contributed by atoms with Gasteiger partial charge in [-0.15, -0.1) is 0 Å². The van der Waals surface area contributed by atoms with Gasteiger partial charge in [0.2, 0.25) is 0 Å². The van der Waals surface area contributed by atoms with Gasteiger partial charge in [0.1, 0.15) is 0 Å². The lowest BCUT2D eigenvalue weighted by Gasteiger charge is -2.36. The van der Waals surface area contributed by atoms with Crippen LogP contribution in [-0.2, 0) is 0 Å². The largest absolute Gasteiger partial charge is 0.313 e. The van der Waals surface area contributed by atoms with Crippen LogP contribution in [0, 0.1) is 11.3 Å². The van der Waals surface area contributed by atoms with E-state index in [0.29, 0.717) is 0 Å². The molecule has 3 aliphatic carbocycles. The Morgan fingerprint density at radius 2 is 1.53 bits per heavy atom. The summed E-state index contributed by atoms with van der Waals surface area (Å²) < 4.78 is 0. The van der Waals surface area contributed by atoms with Gasteiger partial charge in [0.25, 0.3) is 0 Å². The second kappa shape index (κ2) is 4.08. The Kier molecular flexibility index (Phi) is 2.76. The molecule has 0 spiro atoms. The van der Waals surface area contributed by atoms with Gasteiger partial charge in [-0.3, -0.25) is 0 Å². The molecule has 3 saturated carbocycles. The molecule has 0 radical (unpaired) electrons. The Morgan fingerprint density at radius 3 is 2.13 bits per heavy atom. The van der Waals surface area contributed by atoms with Crippen LogP contribution < -0.4 is 5.32 Å². The fourth-order valence-electron chi connectivity index (χ4n) is 3.98. The van der Waals surface area contributed by atoms with Gasteiger partial charge in [0.05, 0.1) is 0 Å². The summed E-state index contributed by atoms with van der Waals surface area (Å²) in [6.07, 6.45) is 15.0. The SMILES string of the molecule is C1CCC(C2(CNC3CC3)CCCC2)C1. The molecule has 3 aliphatic rings. The zero-order valence-electron chi connectivity index (χ0n) is 9.93. The van der Waals surface area contributed by atoms with E-state index in [0.717, 1.165) is 17.4 Å². The highest BCUT2D eigenvalue weighted by atomic mass is 15.0. The van der Waals surface area contributed by atoms with Crippen molar-refractivity contribution in [3.05, 3.63) is 0 Å². The third-order valence-electron chi connectivity index (χ3n) is 5.14. The highest BCUT2D eigenvalue weighted by Gasteiger charge is 2.42. The molecule has 0 heterocycles. The van der Waals surface area contributed by atoms with Crippen LogP contribution in [0.25, 0.3) is 0 Å². The normalized spacial score (nSPS) is 31.2. The van der Waals surface area contributed by atoms with E-state index >= 15 is 0 Å². The van der Waals surface area contributed by atoms with Crippen LogP contribution in [0.1, 0.15) is 64.2 Å². The quantitative estimate of drug-likeness (QED) is 0.744. The molecule has 0 saturated heterocycles. The van der Waals surface area contributed by atoms with Crippen molar-refractivity contribution in [2.45, 2.75) is 70.3 Å². The minimum atomic E-state index is 0.735. The van der Waals surface area contributed by atoms with Crippen molar-refractivity contribution in [2.24, 2.45) is 11.3 Å². The highest BCUT2D eigenvalue weighted by molar-refractivity contribution is 4.96. The zero-order chi connectivity index (χ0) is 10.1. The molecule has 1 nitrogen and oxygen atoms in total. The summed E-state index contributed by atoms with van der Waals surface area (Å²) in [5, 5.41) is 3.82. The van der Waals surface area contributed by atoms with Gasteiger partial charge >= 0.3 is 0 Å². The minimum absolute atomic E-state index is 0.735. The van der Waals surface area contributed by atoms with Gasteiger partial charge in [-0.05, 0) is 49.9 Å². The summed E-state index contributed by atoms with van der Waals surface area (Å²) in [4.78, 5) is 0. The van der Waals surface area contributed by atoms with Gasteiger partial charge < -0.3 is 5.32 Å². The van der Waals surface area contributed by atoms with Crippen molar-refractivity contribution < 1.29 is 0 Å². The standard InChI is InChI=1S/C14H25N/c1-2-6-12(5-1)14(9-3-4-10-14)11-15-13-7-8-13/h12-13,15H,1-11H2. The molecule has 3 fully saturated rings. The topological polar surface area (TPSA) is 12.0 Å². The van der Waals surface area contributed by atoms with E-state index in [1.54, 1.807) is 0 Å². The van der Waals surface area contributed by atoms with Crippen molar-refractivity contribution in [1.29, 1.82) is 0 Å². The molecule has 0 unspecified atom stereocenters. The van der Waals surface area contributed by atoms with Crippen molar-refractivity contribution in [1.82, 2.24) is 5.32 Å². The second-order valence-corrected chi connectivity index (χ2v) is 6.21. The Balaban J connectivity index is 1.63. The lowest BCUT2D eigenvalue weighted by atomic mass is 9.73. The maximum absolute atomic E-state index is 3.82. The van der Waals surface area contributed by atoms with E-state index in [2.05, 4.69) is 5.32 Å².